The molecule has 7 rings (SSSR count). The van der Waals surface area contributed by atoms with Crippen LogP contribution in [0.5, 0.6) is 11.5 Å². The SMILES string of the molecule is COc1cc(O)ccc1C1C2=CCC3C(=O)N(CCCCCC(=O)O)C(=O)C3C2CC2C(=O)N(Nc3ncc(C(F)(F)F)cc3Cl)C(=O)C21c1ccc(Cl)cc1. The van der Waals surface area contributed by atoms with Crippen molar-refractivity contribution in [2.45, 2.75) is 56.0 Å². The minimum absolute atomic E-state index is 0.0406. The number of anilines is 1. The first-order chi connectivity index (χ1) is 26.6. The van der Waals surface area contributed by atoms with Crippen molar-refractivity contribution in [2.24, 2.45) is 23.7 Å². The second kappa shape index (κ2) is 14.7. The lowest BCUT2D eigenvalue weighted by atomic mass is 9.49. The molecule has 3 N–H and O–H groups in total. The number of fused-ring (bicyclic) bond motifs is 4. The van der Waals surface area contributed by atoms with E-state index < -0.39 is 81.3 Å². The zero-order valence-corrected chi connectivity index (χ0v) is 31.2. The van der Waals surface area contributed by atoms with Crippen LogP contribution in [0, 0.1) is 23.7 Å². The normalized spacial score (nSPS) is 25.8. The van der Waals surface area contributed by atoms with Crippen molar-refractivity contribution in [3.05, 3.63) is 93.1 Å². The Balaban J connectivity index is 1.36. The largest absolute Gasteiger partial charge is 0.508 e. The number of hydrogen-bond donors (Lipinski definition) is 3. The van der Waals surface area contributed by atoms with Crippen LogP contribution in [0.4, 0.5) is 19.0 Å². The molecule has 3 aromatic rings. The number of carbonyl (C=O) groups excluding carboxylic acids is 4. The molecule has 294 valence electrons. The molecule has 2 aromatic carbocycles. The van der Waals surface area contributed by atoms with E-state index in [4.69, 9.17) is 33.0 Å². The zero-order chi connectivity index (χ0) is 40.3. The number of hydrazine groups is 1. The molecule has 0 bridgehead atoms. The predicted octanol–water partition coefficient (Wildman–Crippen LogP) is 6.75. The molecule has 2 aliphatic carbocycles. The van der Waals surface area contributed by atoms with E-state index in [0.29, 0.717) is 58.3 Å². The van der Waals surface area contributed by atoms with Crippen LogP contribution in [0.25, 0.3) is 0 Å². The van der Waals surface area contributed by atoms with Crippen LogP contribution in [0.2, 0.25) is 10.0 Å². The summed E-state index contributed by atoms with van der Waals surface area (Å²) in [6.45, 7) is 0.0930. The van der Waals surface area contributed by atoms with Crippen molar-refractivity contribution < 1.29 is 52.1 Å². The van der Waals surface area contributed by atoms with E-state index in [1.807, 2.05) is 6.08 Å². The van der Waals surface area contributed by atoms with E-state index in [2.05, 4.69) is 10.4 Å². The minimum atomic E-state index is -4.77. The lowest BCUT2D eigenvalue weighted by Crippen LogP contribution is -2.53. The zero-order valence-electron chi connectivity index (χ0n) is 29.7. The first kappa shape index (κ1) is 39.1. The van der Waals surface area contributed by atoms with Crippen molar-refractivity contribution in [1.82, 2.24) is 14.9 Å². The van der Waals surface area contributed by atoms with Gasteiger partial charge in [0.15, 0.2) is 5.82 Å². The Hall–Kier alpha value is -5.15. The summed E-state index contributed by atoms with van der Waals surface area (Å²) >= 11 is 12.6. The van der Waals surface area contributed by atoms with E-state index in [1.54, 1.807) is 30.3 Å². The summed E-state index contributed by atoms with van der Waals surface area (Å²) in [5, 5.41) is 20.0. The van der Waals surface area contributed by atoms with Crippen LogP contribution in [0.1, 0.15) is 61.1 Å². The fourth-order valence-corrected chi connectivity index (χ4v) is 9.41. The lowest BCUT2D eigenvalue weighted by molar-refractivity contribution is -0.141. The summed E-state index contributed by atoms with van der Waals surface area (Å²) in [6.07, 6.45) is -1.12. The molecule has 3 heterocycles. The van der Waals surface area contributed by atoms with Gasteiger partial charge in [-0.25, -0.2) is 4.98 Å². The van der Waals surface area contributed by atoms with E-state index in [9.17, 15) is 37.5 Å². The van der Waals surface area contributed by atoms with Crippen molar-refractivity contribution >= 4 is 58.6 Å². The number of carboxylic acid groups (broad SMARTS) is 1. The lowest BCUT2D eigenvalue weighted by Gasteiger charge is -2.50. The third-order valence-electron chi connectivity index (χ3n) is 11.4. The Morgan fingerprint density at radius 1 is 1.00 bits per heavy atom. The smallest absolute Gasteiger partial charge is 0.417 e. The number of methoxy groups -OCH3 is 1. The fourth-order valence-electron chi connectivity index (χ4n) is 9.07. The fraction of sp³-hybridized carbons (Fsp3) is 0.385. The molecule has 2 saturated heterocycles. The molecule has 0 radical (unpaired) electrons. The van der Waals surface area contributed by atoms with E-state index in [1.165, 1.54) is 24.1 Å². The summed E-state index contributed by atoms with van der Waals surface area (Å²) in [5.41, 5.74) is 1.00. The van der Waals surface area contributed by atoms with Gasteiger partial charge >= 0.3 is 12.1 Å². The van der Waals surface area contributed by atoms with Gasteiger partial charge in [0.1, 0.15) is 11.5 Å². The molecule has 6 unspecified atom stereocenters. The molecule has 2 aliphatic heterocycles. The molecule has 56 heavy (non-hydrogen) atoms. The number of carbonyl (C=O) groups is 5. The van der Waals surface area contributed by atoms with Crippen molar-refractivity contribution in [3.8, 4) is 11.5 Å². The number of likely N-dealkylation sites (tertiary alicyclic amines) is 1. The quantitative estimate of drug-likeness (QED) is 0.107. The van der Waals surface area contributed by atoms with Gasteiger partial charge in [0.2, 0.25) is 11.8 Å². The molecular formula is C39H35Cl2F3N4O8. The maximum Gasteiger partial charge on any atom is 0.417 e. The maximum atomic E-state index is 15.3. The molecule has 17 heteroatoms. The highest BCUT2D eigenvalue weighted by molar-refractivity contribution is 6.33. The average molecular weight is 816 g/mol. The molecule has 6 atom stereocenters. The third kappa shape index (κ3) is 6.43. The van der Waals surface area contributed by atoms with Gasteiger partial charge in [-0.1, -0.05) is 59.5 Å². The number of aromatic nitrogens is 1. The van der Waals surface area contributed by atoms with Gasteiger partial charge in [0.25, 0.3) is 11.8 Å². The number of rotatable bonds is 11. The first-order valence-electron chi connectivity index (χ1n) is 17.9. The number of amides is 4. The van der Waals surface area contributed by atoms with Gasteiger partial charge in [-0.3, -0.25) is 34.3 Å². The highest BCUT2D eigenvalue weighted by Gasteiger charge is 2.70. The summed E-state index contributed by atoms with van der Waals surface area (Å²) in [4.78, 5) is 74.2. The second-order valence-corrected chi connectivity index (χ2v) is 15.2. The number of halogens is 5. The van der Waals surface area contributed by atoms with Crippen molar-refractivity contribution in [1.29, 1.82) is 0 Å². The number of allylic oxidation sites excluding steroid dienone is 2. The van der Waals surface area contributed by atoms with Gasteiger partial charge in [-0.15, -0.1) is 0 Å². The number of aliphatic carboxylic acids is 1. The van der Waals surface area contributed by atoms with Crippen molar-refractivity contribution in [3.63, 3.8) is 0 Å². The summed E-state index contributed by atoms with van der Waals surface area (Å²) < 4.78 is 46.2. The van der Waals surface area contributed by atoms with Gasteiger partial charge in [0.05, 0.1) is 40.9 Å². The first-order valence-corrected chi connectivity index (χ1v) is 18.6. The van der Waals surface area contributed by atoms with Crippen LogP contribution in [-0.2, 0) is 35.6 Å². The van der Waals surface area contributed by atoms with E-state index >= 15 is 4.79 Å². The van der Waals surface area contributed by atoms with Gasteiger partial charge < -0.3 is 14.9 Å². The van der Waals surface area contributed by atoms with Crippen molar-refractivity contribution in [2.75, 3.05) is 19.1 Å². The molecule has 1 aromatic heterocycles. The summed E-state index contributed by atoms with van der Waals surface area (Å²) in [5.74, 6) is -8.36. The number of pyridine rings is 1. The number of hydrogen-bond acceptors (Lipinski definition) is 9. The van der Waals surface area contributed by atoms with Crippen LogP contribution in [0.15, 0.2) is 66.4 Å². The Morgan fingerprint density at radius 3 is 2.39 bits per heavy atom. The highest BCUT2D eigenvalue weighted by atomic mass is 35.5. The molecule has 0 spiro atoms. The number of ether oxygens (including phenoxy) is 1. The van der Waals surface area contributed by atoms with Gasteiger partial charge in [-0.2, -0.15) is 18.2 Å². The molecule has 3 fully saturated rings. The minimum Gasteiger partial charge on any atom is -0.508 e. The molecule has 4 amide bonds. The number of nitrogens with one attached hydrogen (secondary N) is 1. The number of alkyl halides is 3. The monoisotopic (exact) mass is 814 g/mol. The maximum absolute atomic E-state index is 15.3. The van der Waals surface area contributed by atoms with Crippen LogP contribution < -0.4 is 10.2 Å². The molecule has 4 aliphatic rings. The van der Waals surface area contributed by atoms with Gasteiger partial charge in [0, 0.05) is 41.7 Å². The number of phenolic OH excluding ortho intramolecular Hbond substituents is 1. The Bertz CT molecular complexity index is 2170. The number of unbranched alkanes of at least 4 members (excludes halogenated alkanes) is 2. The number of benzene rings is 2. The summed E-state index contributed by atoms with van der Waals surface area (Å²) in [7, 11) is 1.37. The number of nitrogens with zero attached hydrogens (tertiary/aromatic N) is 3. The predicted molar refractivity (Wildman–Crippen MR) is 194 cm³/mol. The molecule has 1 saturated carbocycles. The summed E-state index contributed by atoms with van der Waals surface area (Å²) in [6, 6.07) is 11.3. The van der Waals surface area contributed by atoms with Crippen LogP contribution >= 0.6 is 23.2 Å². The van der Waals surface area contributed by atoms with Crippen LogP contribution in [-0.4, -0.2) is 68.4 Å². The third-order valence-corrected chi connectivity index (χ3v) is 12.0. The number of phenols is 1. The highest BCUT2D eigenvalue weighted by Crippen LogP contribution is 2.65. The number of carboxylic acids is 1. The van der Waals surface area contributed by atoms with E-state index in [-0.39, 0.29) is 43.2 Å². The van der Waals surface area contributed by atoms with Gasteiger partial charge in [-0.05, 0) is 61.4 Å². The topological polar surface area (TPSA) is 166 Å². The Kier molecular flexibility index (Phi) is 10.3. The van der Waals surface area contributed by atoms with E-state index in [0.717, 1.165) is 0 Å². The second-order valence-electron chi connectivity index (χ2n) is 14.4. The molecular weight excluding hydrogens is 780 g/mol. The Morgan fingerprint density at radius 2 is 1.73 bits per heavy atom. The molecule has 12 nitrogen and oxygen atoms in total. The number of imide groups is 2. The van der Waals surface area contributed by atoms with Crippen LogP contribution in [0.3, 0.4) is 0 Å². The Labute approximate surface area is 328 Å². The average Bonchev–Trinajstić information content (AvgIpc) is 3.52. The number of aromatic hydroxyl groups is 1. The standard InChI is InChI=1S/C39H35Cl2F3N4O8/c1-56-29-16-22(49)10-11-24(29)32-23-12-13-25-31(36(54)47(34(25)52)14-4-2-3-5-30(50)51)26(23)17-27-35(53)48(37(55)38(27,32)19-6-8-21(40)9-7-19)46-33-28(41)15-20(18-45-33)39(42,43)44/h6-12,15-16,18,25-27,31-32,49H,2-5,13-14,17H2,1H3,(H,45,46)(H,50,51).